The lowest BCUT2D eigenvalue weighted by atomic mass is 9.77. The minimum Gasteiger partial charge on any atom is -0.311 e. The maximum atomic E-state index is 13.3. The van der Waals surface area contributed by atoms with Gasteiger partial charge in [0.25, 0.3) is 0 Å². The molecule has 2 aromatic carbocycles. The molecular formula is C20H24N2O. The van der Waals surface area contributed by atoms with Crippen LogP contribution in [0.4, 0.5) is 5.69 Å². The highest BCUT2D eigenvalue weighted by atomic mass is 16.2. The largest absolute Gasteiger partial charge is 0.311 e. The van der Waals surface area contributed by atoms with Crippen LogP contribution in [0.2, 0.25) is 0 Å². The summed E-state index contributed by atoms with van der Waals surface area (Å²) in [6, 6.07) is 18.3. The van der Waals surface area contributed by atoms with E-state index in [1.807, 2.05) is 35.2 Å². The highest BCUT2D eigenvalue weighted by Crippen LogP contribution is 2.45. The third-order valence-electron chi connectivity index (χ3n) is 4.74. The highest BCUT2D eigenvalue weighted by molar-refractivity contribution is 6.10. The maximum absolute atomic E-state index is 13.3. The van der Waals surface area contributed by atoms with Crippen LogP contribution in [-0.4, -0.2) is 38.0 Å². The van der Waals surface area contributed by atoms with Crippen molar-refractivity contribution in [1.82, 2.24) is 4.90 Å². The predicted molar refractivity (Wildman–Crippen MR) is 94.9 cm³/mol. The van der Waals surface area contributed by atoms with Gasteiger partial charge < -0.3 is 9.80 Å². The summed E-state index contributed by atoms with van der Waals surface area (Å²) < 4.78 is 0. The smallest absolute Gasteiger partial charge is 0.241 e. The van der Waals surface area contributed by atoms with Gasteiger partial charge in [0.15, 0.2) is 0 Å². The zero-order chi connectivity index (χ0) is 16.4. The van der Waals surface area contributed by atoms with E-state index in [1.54, 1.807) is 0 Å². The molecule has 3 rings (SSSR count). The zero-order valence-electron chi connectivity index (χ0n) is 14.1. The molecular weight excluding hydrogens is 284 g/mol. The van der Waals surface area contributed by atoms with Crippen LogP contribution in [0.15, 0.2) is 54.6 Å². The number of anilines is 1. The SMILES string of the molecule is CN(C)CCCN1C(=O)C(C)(c2ccccc2)c2ccccc21. The summed E-state index contributed by atoms with van der Waals surface area (Å²) in [4.78, 5) is 17.4. The Morgan fingerprint density at radius 1 is 1.00 bits per heavy atom. The molecule has 3 heteroatoms. The van der Waals surface area contributed by atoms with Gasteiger partial charge in [-0.15, -0.1) is 0 Å². The van der Waals surface area contributed by atoms with Gasteiger partial charge in [0.2, 0.25) is 5.91 Å². The second kappa shape index (κ2) is 6.17. The predicted octanol–water partition coefficient (Wildman–Crippen LogP) is 3.29. The van der Waals surface area contributed by atoms with Crippen LogP contribution in [0.25, 0.3) is 0 Å². The van der Waals surface area contributed by atoms with Gasteiger partial charge in [-0.25, -0.2) is 0 Å². The quantitative estimate of drug-likeness (QED) is 0.846. The first-order chi connectivity index (χ1) is 11.0. The average molecular weight is 308 g/mol. The van der Waals surface area contributed by atoms with E-state index in [0.717, 1.165) is 36.3 Å². The van der Waals surface area contributed by atoms with Crippen molar-refractivity contribution in [1.29, 1.82) is 0 Å². The first-order valence-electron chi connectivity index (χ1n) is 8.17. The summed E-state index contributed by atoms with van der Waals surface area (Å²) in [5, 5.41) is 0. The van der Waals surface area contributed by atoms with Crippen molar-refractivity contribution in [2.75, 3.05) is 32.1 Å². The Kier molecular flexibility index (Phi) is 4.22. The Morgan fingerprint density at radius 2 is 1.65 bits per heavy atom. The molecule has 0 bridgehead atoms. The van der Waals surface area contributed by atoms with Gasteiger partial charge in [-0.2, -0.15) is 0 Å². The molecule has 1 unspecified atom stereocenters. The minimum absolute atomic E-state index is 0.184. The Labute approximate surface area is 138 Å². The molecule has 23 heavy (non-hydrogen) atoms. The number of hydrogen-bond donors (Lipinski definition) is 0. The topological polar surface area (TPSA) is 23.6 Å². The van der Waals surface area contributed by atoms with Crippen LogP contribution < -0.4 is 4.90 Å². The Bertz CT molecular complexity index is 696. The molecule has 0 saturated heterocycles. The van der Waals surface area contributed by atoms with Crippen LogP contribution in [0.5, 0.6) is 0 Å². The van der Waals surface area contributed by atoms with E-state index >= 15 is 0 Å². The van der Waals surface area contributed by atoms with E-state index in [-0.39, 0.29) is 5.91 Å². The molecule has 1 heterocycles. The number of rotatable bonds is 5. The van der Waals surface area contributed by atoms with E-state index in [2.05, 4.69) is 50.2 Å². The Hall–Kier alpha value is -2.13. The molecule has 0 aromatic heterocycles. The van der Waals surface area contributed by atoms with E-state index in [4.69, 9.17) is 0 Å². The van der Waals surface area contributed by atoms with Crippen LogP contribution in [0.3, 0.4) is 0 Å². The second-order valence-corrected chi connectivity index (χ2v) is 6.62. The Balaban J connectivity index is 1.99. The lowest BCUT2D eigenvalue weighted by molar-refractivity contribution is -0.121. The fraction of sp³-hybridized carbons (Fsp3) is 0.350. The molecule has 1 atom stereocenters. The number of fused-ring (bicyclic) bond motifs is 1. The number of carbonyl (C=O) groups excluding carboxylic acids is 1. The molecule has 1 aliphatic rings. The van der Waals surface area contributed by atoms with Crippen molar-refractivity contribution in [2.45, 2.75) is 18.8 Å². The number of para-hydroxylation sites is 1. The van der Waals surface area contributed by atoms with Crippen LogP contribution >= 0.6 is 0 Å². The number of carbonyl (C=O) groups is 1. The van der Waals surface area contributed by atoms with Crippen molar-refractivity contribution in [3.8, 4) is 0 Å². The summed E-state index contributed by atoms with van der Waals surface area (Å²) in [5.74, 6) is 0.184. The molecule has 1 aliphatic heterocycles. The number of nitrogens with zero attached hydrogens (tertiary/aromatic N) is 2. The van der Waals surface area contributed by atoms with Crippen molar-refractivity contribution in [3.05, 3.63) is 65.7 Å². The highest BCUT2D eigenvalue weighted by Gasteiger charge is 2.47. The fourth-order valence-corrected chi connectivity index (χ4v) is 3.44. The zero-order valence-corrected chi connectivity index (χ0v) is 14.1. The molecule has 0 saturated carbocycles. The van der Waals surface area contributed by atoms with Gasteiger partial charge in [0, 0.05) is 12.2 Å². The van der Waals surface area contributed by atoms with Crippen LogP contribution in [-0.2, 0) is 10.2 Å². The summed E-state index contributed by atoms with van der Waals surface area (Å²) in [5.41, 5.74) is 2.65. The lowest BCUT2D eigenvalue weighted by Crippen LogP contribution is -2.40. The van der Waals surface area contributed by atoms with E-state index in [1.165, 1.54) is 0 Å². The van der Waals surface area contributed by atoms with Crippen molar-refractivity contribution in [3.63, 3.8) is 0 Å². The van der Waals surface area contributed by atoms with Gasteiger partial charge in [0.1, 0.15) is 0 Å². The molecule has 0 fully saturated rings. The molecule has 120 valence electrons. The molecule has 0 spiro atoms. The Morgan fingerprint density at radius 3 is 2.35 bits per heavy atom. The first kappa shape index (κ1) is 15.8. The van der Waals surface area contributed by atoms with Gasteiger partial charge >= 0.3 is 0 Å². The molecule has 1 amide bonds. The maximum Gasteiger partial charge on any atom is 0.241 e. The third-order valence-corrected chi connectivity index (χ3v) is 4.74. The fourth-order valence-electron chi connectivity index (χ4n) is 3.44. The van der Waals surface area contributed by atoms with Gasteiger partial charge in [-0.3, -0.25) is 4.79 Å². The summed E-state index contributed by atoms with van der Waals surface area (Å²) in [7, 11) is 4.13. The monoisotopic (exact) mass is 308 g/mol. The average Bonchev–Trinajstić information content (AvgIpc) is 2.79. The van der Waals surface area contributed by atoms with Crippen molar-refractivity contribution in [2.24, 2.45) is 0 Å². The number of hydrogen-bond acceptors (Lipinski definition) is 2. The summed E-state index contributed by atoms with van der Waals surface area (Å²) in [6.07, 6.45) is 0.970. The molecule has 0 radical (unpaired) electrons. The molecule has 3 nitrogen and oxygen atoms in total. The lowest BCUT2D eigenvalue weighted by Gasteiger charge is -2.25. The standard InChI is InChI=1S/C20H24N2O/c1-20(16-10-5-4-6-11-16)17-12-7-8-13-18(17)22(19(20)23)15-9-14-21(2)3/h4-8,10-13H,9,14-15H2,1-3H3. The molecule has 2 aromatic rings. The van der Waals surface area contributed by atoms with Gasteiger partial charge in [-0.1, -0.05) is 48.5 Å². The van der Waals surface area contributed by atoms with Gasteiger partial charge in [-0.05, 0) is 51.2 Å². The van der Waals surface area contributed by atoms with E-state index in [0.29, 0.717) is 0 Å². The summed E-state index contributed by atoms with van der Waals surface area (Å²) >= 11 is 0. The molecule has 0 aliphatic carbocycles. The number of amides is 1. The number of benzene rings is 2. The molecule has 0 N–H and O–H groups in total. The van der Waals surface area contributed by atoms with Crippen molar-refractivity contribution < 1.29 is 4.79 Å². The normalized spacial score (nSPS) is 20.2. The van der Waals surface area contributed by atoms with Crippen LogP contribution in [0, 0.1) is 0 Å². The second-order valence-electron chi connectivity index (χ2n) is 6.62. The van der Waals surface area contributed by atoms with Crippen LogP contribution in [0.1, 0.15) is 24.5 Å². The van der Waals surface area contributed by atoms with E-state index in [9.17, 15) is 4.79 Å². The third kappa shape index (κ3) is 2.66. The van der Waals surface area contributed by atoms with E-state index < -0.39 is 5.41 Å². The summed E-state index contributed by atoms with van der Waals surface area (Å²) in [6.45, 7) is 3.79. The minimum atomic E-state index is -0.587. The van der Waals surface area contributed by atoms with Gasteiger partial charge in [0.05, 0.1) is 5.41 Å². The van der Waals surface area contributed by atoms with Crippen molar-refractivity contribution >= 4 is 11.6 Å². The first-order valence-corrected chi connectivity index (χ1v) is 8.17.